The van der Waals surface area contributed by atoms with Gasteiger partial charge >= 0.3 is 6.03 Å². The van der Waals surface area contributed by atoms with Crippen LogP contribution in [0.5, 0.6) is 0 Å². The molecule has 0 bridgehead atoms. The van der Waals surface area contributed by atoms with Crippen LogP contribution < -0.4 is 30.7 Å². The largest absolute Gasteiger partial charge is 0.372 e. The third-order valence-electron chi connectivity index (χ3n) is 9.39. The summed E-state index contributed by atoms with van der Waals surface area (Å²) in [6.45, 7) is 9.72. The van der Waals surface area contributed by atoms with E-state index in [0.29, 0.717) is 18.9 Å². The van der Waals surface area contributed by atoms with E-state index in [1.807, 2.05) is 18.3 Å². The predicted molar refractivity (Wildman–Crippen MR) is 173 cm³/mol. The van der Waals surface area contributed by atoms with E-state index in [2.05, 4.69) is 72.0 Å². The Bertz CT molecular complexity index is 1460. The van der Waals surface area contributed by atoms with Crippen molar-refractivity contribution in [2.75, 3.05) is 78.9 Å². The summed E-state index contributed by atoms with van der Waals surface area (Å²) in [6, 6.07) is 16.5. The molecule has 3 N–H and O–H groups in total. The molecule has 2 aromatic carbocycles. The van der Waals surface area contributed by atoms with Crippen molar-refractivity contribution in [1.29, 1.82) is 0 Å². The van der Waals surface area contributed by atoms with Crippen LogP contribution in [0.4, 0.5) is 33.5 Å². The topological polar surface area (TPSA) is 109 Å². The Hall–Kier alpha value is -4.22. The average Bonchev–Trinajstić information content (AvgIpc) is 3.06. The zero-order valence-electron chi connectivity index (χ0n) is 25.2. The maximum Gasteiger partial charge on any atom is 0.328 e. The number of urea groups is 1. The van der Waals surface area contributed by atoms with Gasteiger partial charge in [-0.3, -0.25) is 19.9 Å². The Balaban J connectivity index is 0.845. The highest BCUT2D eigenvalue weighted by Crippen LogP contribution is 2.28. The maximum atomic E-state index is 12.2. The molecule has 11 nitrogen and oxygen atoms in total. The summed E-state index contributed by atoms with van der Waals surface area (Å²) in [5, 5.41) is 9.13. The second kappa shape index (κ2) is 12.8. The van der Waals surface area contributed by atoms with Gasteiger partial charge in [0.05, 0.1) is 5.69 Å². The number of carbonyl (C=O) groups is 2. The molecular weight excluding hydrogens is 554 g/mol. The molecule has 44 heavy (non-hydrogen) atoms. The monoisotopic (exact) mass is 595 g/mol. The van der Waals surface area contributed by atoms with E-state index in [9.17, 15) is 9.59 Å². The van der Waals surface area contributed by atoms with E-state index in [4.69, 9.17) is 4.98 Å². The molecule has 0 atom stereocenters. The molecule has 11 heteroatoms. The third kappa shape index (κ3) is 6.48. The molecule has 0 radical (unpaired) electrons. The number of aromatic nitrogens is 2. The lowest BCUT2D eigenvalue weighted by Crippen LogP contribution is -2.49. The number of rotatable bonds is 7. The number of piperazine rings is 1. The average molecular weight is 596 g/mol. The molecule has 230 valence electrons. The lowest BCUT2D eigenvalue weighted by molar-refractivity contribution is -0.120. The summed E-state index contributed by atoms with van der Waals surface area (Å²) in [5.41, 5.74) is 6.63. The fourth-order valence-corrected chi connectivity index (χ4v) is 6.76. The first-order valence-electron chi connectivity index (χ1n) is 15.9. The number of carbonyl (C=O) groups excluding carboxylic acids is 2. The SMILES string of the molecule is O=C1CCN(c2ccc(N3CCN(CC4CCN(c5ccc(Nc6ncc7c(n6)CNCC7)cc5)CC4)CC3)cc2)C(=O)N1. The smallest absolute Gasteiger partial charge is 0.328 e. The Morgan fingerprint density at radius 1 is 0.795 bits per heavy atom. The highest BCUT2D eigenvalue weighted by molar-refractivity contribution is 6.05. The van der Waals surface area contributed by atoms with Gasteiger partial charge in [-0.25, -0.2) is 14.8 Å². The van der Waals surface area contributed by atoms with Gasteiger partial charge in [-0.05, 0) is 85.8 Å². The Morgan fingerprint density at radius 3 is 2.20 bits per heavy atom. The third-order valence-corrected chi connectivity index (χ3v) is 9.39. The number of benzene rings is 2. The van der Waals surface area contributed by atoms with E-state index >= 15 is 0 Å². The normalized spacial score (nSPS) is 20.0. The zero-order chi connectivity index (χ0) is 29.9. The number of hydrogen-bond donors (Lipinski definition) is 3. The molecule has 0 saturated carbocycles. The number of fused-ring (bicyclic) bond motifs is 1. The van der Waals surface area contributed by atoms with Crippen LogP contribution >= 0.6 is 0 Å². The second-order valence-corrected chi connectivity index (χ2v) is 12.3. The van der Waals surface area contributed by atoms with Crippen LogP contribution in [-0.2, 0) is 17.8 Å². The Kier molecular flexibility index (Phi) is 8.30. The molecule has 3 fully saturated rings. The number of nitrogens with one attached hydrogen (secondary N) is 3. The molecule has 3 amide bonds. The van der Waals surface area contributed by atoms with Crippen molar-refractivity contribution in [2.45, 2.75) is 32.2 Å². The summed E-state index contributed by atoms with van der Waals surface area (Å²) in [5.74, 6) is 1.18. The summed E-state index contributed by atoms with van der Waals surface area (Å²) in [4.78, 5) is 42.0. The maximum absolute atomic E-state index is 12.2. The quantitative estimate of drug-likeness (QED) is 0.379. The predicted octanol–water partition coefficient (Wildman–Crippen LogP) is 3.35. The standard InChI is InChI=1S/C33H41N9O2/c43-31-12-16-42(33(44)38-31)29-7-5-28(6-8-29)41-19-17-39(18-20-41)23-24-10-14-40(15-11-24)27-3-1-26(2-4-27)36-32-35-21-25-9-13-34-22-30(25)37-32/h1-8,21,24,34H,9-20,22-23H2,(H,35,36,37)(H,38,43,44). The number of anilines is 5. The fraction of sp³-hybridized carbons (Fsp3) is 0.455. The zero-order valence-corrected chi connectivity index (χ0v) is 25.2. The van der Waals surface area contributed by atoms with Crippen molar-refractivity contribution in [3.05, 3.63) is 66.0 Å². The lowest BCUT2D eigenvalue weighted by atomic mass is 9.95. The molecule has 5 heterocycles. The number of nitrogens with zero attached hydrogens (tertiary/aromatic N) is 6. The molecule has 1 aromatic heterocycles. The van der Waals surface area contributed by atoms with Crippen molar-refractivity contribution in [3.8, 4) is 0 Å². The first-order valence-corrected chi connectivity index (χ1v) is 15.9. The van der Waals surface area contributed by atoms with Gasteiger partial charge in [0.25, 0.3) is 0 Å². The van der Waals surface area contributed by atoms with E-state index < -0.39 is 0 Å². The number of imide groups is 1. The summed E-state index contributed by atoms with van der Waals surface area (Å²) < 4.78 is 0. The minimum atomic E-state index is -0.339. The molecule has 7 rings (SSSR count). The van der Waals surface area contributed by atoms with Crippen LogP contribution in [0.25, 0.3) is 0 Å². The van der Waals surface area contributed by atoms with Gasteiger partial charge in [0, 0.05) is 94.3 Å². The van der Waals surface area contributed by atoms with Crippen molar-refractivity contribution in [3.63, 3.8) is 0 Å². The van der Waals surface area contributed by atoms with Crippen molar-refractivity contribution in [2.24, 2.45) is 5.92 Å². The van der Waals surface area contributed by atoms with Gasteiger partial charge in [0.2, 0.25) is 11.9 Å². The molecule has 4 aliphatic rings. The van der Waals surface area contributed by atoms with Crippen LogP contribution in [0.2, 0.25) is 0 Å². The van der Waals surface area contributed by atoms with E-state index in [-0.39, 0.29) is 11.9 Å². The van der Waals surface area contributed by atoms with Crippen molar-refractivity contribution >= 4 is 40.6 Å². The van der Waals surface area contributed by atoms with Crippen LogP contribution in [0.15, 0.2) is 54.7 Å². The minimum absolute atomic E-state index is 0.208. The van der Waals surface area contributed by atoms with E-state index in [1.165, 1.54) is 36.3 Å². The number of amides is 3. The molecule has 3 aromatic rings. The lowest BCUT2D eigenvalue weighted by Gasteiger charge is -2.40. The molecule has 0 spiro atoms. The number of hydrogen-bond acceptors (Lipinski definition) is 9. The summed E-state index contributed by atoms with van der Waals surface area (Å²) in [7, 11) is 0. The summed E-state index contributed by atoms with van der Waals surface area (Å²) in [6.07, 6.45) is 5.71. The van der Waals surface area contributed by atoms with Gasteiger partial charge in [0.1, 0.15) is 0 Å². The van der Waals surface area contributed by atoms with Crippen LogP contribution in [0.1, 0.15) is 30.5 Å². The highest BCUT2D eigenvalue weighted by Gasteiger charge is 2.26. The molecule has 0 aliphatic carbocycles. The molecular formula is C33H41N9O2. The van der Waals surface area contributed by atoms with Gasteiger partial charge in [-0.15, -0.1) is 0 Å². The van der Waals surface area contributed by atoms with Crippen LogP contribution in [0, 0.1) is 5.92 Å². The first-order chi connectivity index (χ1) is 21.6. The minimum Gasteiger partial charge on any atom is -0.372 e. The summed E-state index contributed by atoms with van der Waals surface area (Å²) >= 11 is 0. The van der Waals surface area contributed by atoms with Gasteiger partial charge < -0.3 is 20.4 Å². The van der Waals surface area contributed by atoms with Crippen molar-refractivity contribution < 1.29 is 9.59 Å². The van der Waals surface area contributed by atoms with E-state index in [1.54, 1.807) is 4.90 Å². The Morgan fingerprint density at radius 2 is 1.48 bits per heavy atom. The van der Waals surface area contributed by atoms with Crippen LogP contribution in [-0.4, -0.2) is 85.7 Å². The molecule has 0 unspecified atom stereocenters. The van der Waals surface area contributed by atoms with Crippen LogP contribution in [0.3, 0.4) is 0 Å². The second-order valence-electron chi connectivity index (χ2n) is 12.3. The Labute approximate surface area is 258 Å². The first kappa shape index (κ1) is 28.5. The fourth-order valence-electron chi connectivity index (χ4n) is 6.76. The van der Waals surface area contributed by atoms with E-state index in [0.717, 1.165) is 81.8 Å². The van der Waals surface area contributed by atoms with Gasteiger partial charge in [0.15, 0.2) is 0 Å². The van der Waals surface area contributed by atoms with Gasteiger partial charge in [-0.1, -0.05) is 0 Å². The number of piperidine rings is 1. The van der Waals surface area contributed by atoms with Crippen molar-refractivity contribution in [1.82, 2.24) is 25.5 Å². The van der Waals surface area contributed by atoms with Gasteiger partial charge in [-0.2, -0.15) is 0 Å². The molecule has 3 saturated heterocycles. The highest BCUT2D eigenvalue weighted by atomic mass is 16.2. The molecule has 4 aliphatic heterocycles.